The van der Waals surface area contributed by atoms with Gasteiger partial charge in [-0.1, -0.05) is 349 Å². The molecule has 0 radical (unpaired) electrons. The van der Waals surface area contributed by atoms with Gasteiger partial charge in [-0.25, -0.2) is 0 Å². The normalized spacial score (nSPS) is 11.7. The summed E-state index contributed by atoms with van der Waals surface area (Å²) in [6.45, 7) is 62.1. The van der Waals surface area contributed by atoms with Gasteiger partial charge in [0.15, 0.2) is 11.5 Å². The van der Waals surface area contributed by atoms with E-state index in [0.29, 0.717) is 23.7 Å². The van der Waals surface area contributed by atoms with Crippen LogP contribution in [0.15, 0.2) is 307 Å². The van der Waals surface area contributed by atoms with Crippen molar-refractivity contribution in [2.75, 3.05) is 19.0 Å². The molecular weight excluding hydrogens is 2100 g/mol. The Morgan fingerprint density at radius 1 is 0.324 bits per heavy atom. The van der Waals surface area contributed by atoms with Gasteiger partial charge in [0, 0.05) is 18.6 Å². The summed E-state index contributed by atoms with van der Waals surface area (Å²) in [7, 11) is 17.2. The number of para-hydroxylation sites is 6. The van der Waals surface area contributed by atoms with E-state index in [2.05, 4.69) is 446 Å². The maximum atomic E-state index is 12.1. The molecule has 9 nitrogen and oxygen atoms in total. The summed E-state index contributed by atoms with van der Waals surface area (Å²) in [5.41, 5.74) is 37.1. The molecule has 12 aromatic carbocycles. The van der Waals surface area contributed by atoms with Crippen LogP contribution in [0.25, 0.3) is 0 Å². The average Bonchev–Trinajstić information content (AvgIpc) is 0.804. The first-order valence-corrected chi connectivity index (χ1v) is 58.4. The molecule has 0 spiro atoms. The summed E-state index contributed by atoms with van der Waals surface area (Å²) < 4.78 is 12.1. The molecule has 0 heterocycles. The predicted octanol–water partition coefficient (Wildman–Crippen LogP) is 37.9. The molecule has 0 N–H and O–H groups in total. The number of benzene rings is 12. The van der Waals surface area contributed by atoms with Gasteiger partial charge < -0.3 is 14.9 Å². The standard InChI is InChI=1S/C28H40N2.C24H32N2.C20H24N2.C18H20N2.C15H17OP2.2C7H8.2CH3.4ClH.3Pd/c1-17(2)23-13-11-14-24(18(3)4)27(23)29-21(9)22(10)30-28-25(19(5)6)15-12-16-26(28)20(7)8;1-7-19-13-11-14-20(8-2)23(19)25-17(5)18(6)26-24-21(9-3)15-12-16-22(24)10-4;1-13-9-7-10-14(2)19(13)21-17(5)18(6)22-20-15(3)11-8-12-16(20)4;1-13-5-7-15(3)17(11-13)19-9-10-20-18-12-14(2)6-8-16(18)4;1-17(14-8-4-2-5-9-14)12-13-18(16)15-10-6-3-7-11-15;2*1-7-5-3-2-4-6-7;;;;;;;;;/h11-20H,1-10H3;11-16H,7-10H2,1-6H3;7-12H,1-6H3;5-12H,1-4H3;2-11H,12-13H2,1H3;2*2-6H,1H3;2*1H3;4*1H;;;/q;;;;+1;;;2*-1;;;;;3*+2/p-4/t;;;;17-;;;;;;;;;;;/m....1.........../s1. The van der Waals surface area contributed by atoms with Crippen LogP contribution in [0.4, 0.5) is 45.5 Å². The first kappa shape index (κ1) is 129. The van der Waals surface area contributed by atoms with Gasteiger partial charge in [0.2, 0.25) is 0 Å². The van der Waals surface area contributed by atoms with Gasteiger partial charge >= 0.3 is 98.2 Å². The van der Waals surface area contributed by atoms with Gasteiger partial charge in [0.1, 0.15) is 0 Å². The predicted molar refractivity (Wildman–Crippen MR) is 617 cm³/mol. The first-order valence-electron chi connectivity index (χ1n) is 47.0. The van der Waals surface area contributed by atoms with Crippen molar-refractivity contribution in [1.82, 2.24) is 0 Å². The van der Waals surface area contributed by atoms with Crippen LogP contribution in [-0.4, -0.2) is 65.7 Å². The zero-order valence-electron chi connectivity index (χ0n) is 88.5. The second-order valence-electron chi connectivity index (χ2n) is 34.8. The fourth-order valence-corrected chi connectivity index (χ4v) is 17.9. The van der Waals surface area contributed by atoms with Crippen molar-refractivity contribution in [3.63, 3.8) is 0 Å². The molecular formula is C121H155Cl4N8OP2Pd3+. The number of nitrogens with zero attached hydrogens (tertiary/aromatic N) is 8. The number of aryl methyl sites for hydroxylation is 14. The molecule has 12 aromatic rings. The molecule has 0 aromatic heterocycles. The molecule has 0 aliphatic carbocycles. The van der Waals surface area contributed by atoms with E-state index >= 15 is 0 Å². The molecule has 0 bridgehead atoms. The van der Waals surface area contributed by atoms with E-state index in [1.807, 2.05) is 86.6 Å². The number of hydrogen-bond acceptors (Lipinski definition) is 9. The van der Waals surface area contributed by atoms with E-state index in [4.69, 9.17) is 49.0 Å². The SMILES string of the molecule is CC(=Nc1c(C(C)C)cccc1C(C)C)C(C)=Nc1c(C(C)C)cccc1C(C)C.CC(=Nc1c(C)cccc1C)C(C)=Nc1c(C)cccc1C.CCc1cccc(CC)c1N=C(C)C(C)=Nc1c(CC)cccc1CC.C[P@](CC[P+](=O)c1ccccc1)c1ccccc1.Cc1ccc(C)c(N=CC=Nc2cc(C)ccc2C)c1.Cc1ccccc1.Cc1ccccc1.[CH3-].[CH3-].[Cl][Pd+].[Cl][Pd+].[Cl][Pd][Cl]. The number of halogens is 4. The zero-order chi connectivity index (χ0) is 102. The van der Waals surface area contributed by atoms with Crippen LogP contribution in [0, 0.1) is 84.1 Å². The molecule has 139 heavy (non-hydrogen) atoms. The van der Waals surface area contributed by atoms with Gasteiger partial charge in [0.05, 0.1) is 79.8 Å². The topological polar surface area (TPSA) is 116 Å². The van der Waals surface area contributed by atoms with Gasteiger partial charge in [0.25, 0.3) is 0 Å². The van der Waals surface area contributed by atoms with Gasteiger partial charge in [-0.05, 0) is 285 Å². The minimum atomic E-state index is -1.23. The summed E-state index contributed by atoms with van der Waals surface area (Å²) in [6, 6.07) is 92.0. The Morgan fingerprint density at radius 2 is 0.568 bits per heavy atom. The van der Waals surface area contributed by atoms with Crippen molar-refractivity contribution in [2.24, 2.45) is 39.9 Å². The summed E-state index contributed by atoms with van der Waals surface area (Å²) >= 11 is 4.34. The second-order valence-corrected chi connectivity index (χ2v) is 41.2. The van der Waals surface area contributed by atoms with Crippen molar-refractivity contribution in [3.8, 4) is 0 Å². The van der Waals surface area contributed by atoms with Gasteiger partial charge in [-0.2, -0.15) is 0 Å². The Kier molecular flexibility index (Phi) is 66.7. The first-order chi connectivity index (χ1) is 65.5. The van der Waals surface area contributed by atoms with Crippen molar-refractivity contribution < 1.29 is 56.9 Å². The van der Waals surface area contributed by atoms with Crippen LogP contribution in [-0.2, 0) is 82.5 Å². The van der Waals surface area contributed by atoms with E-state index in [1.165, 1.54) is 105 Å². The molecule has 0 saturated heterocycles. The summed E-state index contributed by atoms with van der Waals surface area (Å²) in [5.74, 6) is 1.73. The quantitative estimate of drug-likeness (QED) is 0.0241. The third kappa shape index (κ3) is 46.3. The molecule has 18 heteroatoms. The van der Waals surface area contributed by atoms with E-state index in [9.17, 15) is 4.57 Å². The van der Waals surface area contributed by atoms with E-state index in [1.54, 1.807) is 12.4 Å². The second kappa shape index (κ2) is 72.0. The fraction of sp³-hybridized carbons (Fsp3) is 0.322. The molecule has 0 aliphatic heterocycles. The van der Waals surface area contributed by atoms with Crippen LogP contribution >= 0.6 is 53.8 Å². The van der Waals surface area contributed by atoms with Gasteiger partial charge in [-0.3, -0.25) is 39.9 Å². The minimum absolute atomic E-state index is 0. The Bertz CT molecular complexity index is 5450. The van der Waals surface area contributed by atoms with Crippen LogP contribution in [0.2, 0.25) is 0 Å². The maximum absolute atomic E-state index is 12.1. The Morgan fingerprint density at radius 3 is 0.827 bits per heavy atom. The van der Waals surface area contributed by atoms with Crippen molar-refractivity contribution in [2.45, 2.75) is 243 Å². The van der Waals surface area contributed by atoms with Crippen molar-refractivity contribution >= 4 is 157 Å². The zero-order valence-corrected chi connectivity index (χ0v) is 97.9. The van der Waals surface area contributed by atoms with E-state index in [-0.39, 0.29) is 38.7 Å². The monoisotopic (exact) mass is 2260 g/mol. The van der Waals surface area contributed by atoms with Crippen LogP contribution in [0.3, 0.4) is 0 Å². The summed E-state index contributed by atoms with van der Waals surface area (Å²) in [6.07, 6.45) is 9.31. The number of aliphatic imine (C=N–C) groups is 8. The molecule has 2 atom stereocenters. The Balaban J connectivity index is 0.000000826. The molecule has 752 valence electrons. The number of hydrogen-bond donors (Lipinski definition) is 0. The summed E-state index contributed by atoms with van der Waals surface area (Å²) in [4.78, 5) is 38.8. The van der Waals surface area contributed by atoms with Crippen LogP contribution in [0.1, 0.15) is 248 Å². The van der Waals surface area contributed by atoms with Crippen LogP contribution in [0.5, 0.6) is 0 Å². The molecule has 0 fully saturated rings. The molecule has 12 rings (SSSR count). The Hall–Kier alpha value is -8.32. The summed E-state index contributed by atoms with van der Waals surface area (Å²) in [5, 5.41) is 2.37. The molecule has 0 saturated carbocycles. The van der Waals surface area contributed by atoms with E-state index < -0.39 is 7.80 Å². The molecule has 1 unspecified atom stereocenters. The fourth-order valence-electron chi connectivity index (χ4n) is 14.2. The Labute approximate surface area is 889 Å². The van der Waals surface area contributed by atoms with Crippen molar-refractivity contribution in [1.29, 1.82) is 0 Å². The van der Waals surface area contributed by atoms with Gasteiger partial charge in [-0.15, -0.1) is 0 Å². The molecule has 0 aliphatic rings. The third-order valence-electron chi connectivity index (χ3n) is 22.7. The van der Waals surface area contributed by atoms with E-state index in [0.717, 1.165) is 123 Å². The van der Waals surface area contributed by atoms with Crippen molar-refractivity contribution in [3.05, 3.63) is 382 Å². The third-order valence-corrected chi connectivity index (χ3v) is 26.7. The molecule has 0 amide bonds. The average molecular weight is 2260 g/mol. The number of rotatable bonds is 25. The van der Waals surface area contributed by atoms with Crippen LogP contribution < -0.4 is 10.6 Å².